The Hall–Kier alpha value is -2.67. The number of halogens is 1. The second kappa shape index (κ2) is 5.76. The van der Waals surface area contributed by atoms with Gasteiger partial charge in [-0.05, 0) is 42.0 Å². The molecule has 0 aliphatic carbocycles. The monoisotopic (exact) mass is 299 g/mol. The van der Waals surface area contributed by atoms with Crippen molar-refractivity contribution in [1.82, 2.24) is 19.9 Å². The van der Waals surface area contributed by atoms with E-state index in [-0.39, 0.29) is 5.82 Å². The Kier molecular flexibility index (Phi) is 3.65. The van der Waals surface area contributed by atoms with Gasteiger partial charge in [0.25, 0.3) is 0 Å². The largest absolute Gasteiger partial charge is 0.265 e. The third kappa shape index (κ3) is 2.92. The number of aromatic amines is 1. The number of pyridine rings is 1. The van der Waals surface area contributed by atoms with Gasteiger partial charge in [-0.1, -0.05) is 12.1 Å². The van der Waals surface area contributed by atoms with E-state index in [4.69, 9.17) is 12.2 Å². The molecule has 0 atom stereocenters. The normalized spacial score (nSPS) is 11.1. The molecule has 3 aromatic rings. The van der Waals surface area contributed by atoms with Crippen molar-refractivity contribution in [2.75, 3.05) is 0 Å². The maximum atomic E-state index is 13.3. The summed E-state index contributed by atoms with van der Waals surface area (Å²) in [5.74, 6) is 0.107. The predicted molar refractivity (Wildman–Crippen MR) is 80.0 cm³/mol. The maximum Gasteiger partial charge on any atom is 0.216 e. The van der Waals surface area contributed by atoms with Gasteiger partial charge in [0, 0.05) is 18.0 Å². The molecule has 0 unspecified atom stereocenters. The van der Waals surface area contributed by atoms with Gasteiger partial charge in [-0.2, -0.15) is 14.9 Å². The van der Waals surface area contributed by atoms with Crippen LogP contribution in [0.4, 0.5) is 4.39 Å². The van der Waals surface area contributed by atoms with Crippen LogP contribution in [0.1, 0.15) is 5.56 Å². The first kappa shape index (κ1) is 13.3. The first-order valence-electron chi connectivity index (χ1n) is 6.12. The van der Waals surface area contributed by atoms with Crippen LogP contribution in [0.25, 0.3) is 11.4 Å². The van der Waals surface area contributed by atoms with Crippen LogP contribution >= 0.6 is 12.2 Å². The van der Waals surface area contributed by atoms with Crippen molar-refractivity contribution in [2.24, 2.45) is 5.10 Å². The molecule has 0 spiro atoms. The van der Waals surface area contributed by atoms with E-state index in [9.17, 15) is 4.39 Å². The molecule has 0 fully saturated rings. The molecule has 2 aromatic heterocycles. The third-order valence-corrected chi connectivity index (χ3v) is 3.03. The zero-order chi connectivity index (χ0) is 14.7. The summed E-state index contributed by atoms with van der Waals surface area (Å²) >= 11 is 5.15. The van der Waals surface area contributed by atoms with Crippen molar-refractivity contribution < 1.29 is 4.39 Å². The number of hydrogen-bond donors (Lipinski definition) is 1. The highest BCUT2D eigenvalue weighted by molar-refractivity contribution is 7.71. The van der Waals surface area contributed by atoms with Crippen molar-refractivity contribution >= 4 is 18.4 Å². The average Bonchev–Trinajstić information content (AvgIpc) is 2.87. The minimum absolute atomic E-state index is 0.333. The summed E-state index contributed by atoms with van der Waals surface area (Å²) in [6.07, 6.45) is 4.97. The molecule has 0 aliphatic heterocycles. The van der Waals surface area contributed by atoms with Gasteiger partial charge in [0.2, 0.25) is 4.77 Å². The van der Waals surface area contributed by atoms with Gasteiger partial charge in [0.15, 0.2) is 5.82 Å². The Labute approximate surface area is 124 Å². The fraction of sp³-hybridized carbons (Fsp3) is 0. The fourth-order valence-corrected chi connectivity index (χ4v) is 1.97. The summed E-state index contributed by atoms with van der Waals surface area (Å²) in [7, 11) is 0. The molecule has 0 radical (unpaired) electrons. The van der Waals surface area contributed by atoms with Crippen LogP contribution in [0.2, 0.25) is 0 Å². The smallest absolute Gasteiger partial charge is 0.216 e. The first-order chi connectivity index (χ1) is 10.2. The Morgan fingerprint density at radius 1 is 1.24 bits per heavy atom. The van der Waals surface area contributed by atoms with Crippen molar-refractivity contribution in [3.05, 3.63) is 64.9 Å². The number of hydrogen-bond acceptors (Lipinski definition) is 4. The van der Waals surface area contributed by atoms with Crippen LogP contribution in [0.3, 0.4) is 0 Å². The van der Waals surface area contributed by atoms with E-state index >= 15 is 0 Å². The molecule has 1 N–H and O–H groups in total. The molecular weight excluding hydrogens is 289 g/mol. The van der Waals surface area contributed by atoms with Crippen molar-refractivity contribution in [1.29, 1.82) is 0 Å². The molecule has 21 heavy (non-hydrogen) atoms. The van der Waals surface area contributed by atoms with Gasteiger partial charge in [-0.3, -0.25) is 4.98 Å². The van der Waals surface area contributed by atoms with Crippen LogP contribution < -0.4 is 0 Å². The number of nitrogens with zero attached hydrogens (tertiary/aromatic N) is 4. The average molecular weight is 299 g/mol. The minimum Gasteiger partial charge on any atom is -0.265 e. The number of nitrogens with one attached hydrogen (secondary N) is 1. The van der Waals surface area contributed by atoms with E-state index < -0.39 is 0 Å². The lowest BCUT2D eigenvalue weighted by Gasteiger charge is -2.01. The Balaban J connectivity index is 2.02. The van der Waals surface area contributed by atoms with E-state index in [0.717, 1.165) is 5.56 Å². The quantitative estimate of drug-likeness (QED) is 0.597. The van der Waals surface area contributed by atoms with Crippen LogP contribution in [0.5, 0.6) is 0 Å². The minimum atomic E-state index is -0.342. The van der Waals surface area contributed by atoms with Crippen molar-refractivity contribution in [2.45, 2.75) is 0 Å². The van der Waals surface area contributed by atoms with Crippen LogP contribution in [0, 0.1) is 10.6 Å². The fourth-order valence-electron chi connectivity index (χ4n) is 1.79. The van der Waals surface area contributed by atoms with E-state index in [1.54, 1.807) is 30.7 Å². The summed E-state index contributed by atoms with van der Waals surface area (Å²) < 4.78 is 15.1. The molecule has 2 heterocycles. The standard InChI is InChI=1S/C14H10FN5S/c15-12-3-1-2-11(8-12)13-18-19-14(21)20(13)17-9-10-4-6-16-7-5-10/h1-9H,(H,19,21)/b17-9-. The van der Waals surface area contributed by atoms with Gasteiger partial charge in [0.05, 0.1) is 6.21 Å². The molecule has 7 heteroatoms. The molecular formula is C14H10FN5S. The lowest BCUT2D eigenvalue weighted by atomic mass is 10.2. The number of benzene rings is 1. The molecule has 1 aromatic carbocycles. The first-order valence-corrected chi connectivity index (χ1v) is 6.52. The number of H-pyrrole nitrogens is 1. The SMILES string of the molecule is Fc1cccc(-c2n[nH]c(=S)n2/N=C\c2ccncc2)c1. The van der Waals surface area contributed by atoms with E-state index in [1.165, 1.54) is 16.8 Å². The molecule has 3 rings (SSSR count). The summed E-state index contributed by atoms with van der Waals surface area (Å²) in [6.45, 7) is 0. The lowest BCUT2D eigenvalue weighted by molar-refractivity contribution is 0.628. The molecule has 0 saturated carbocycles. The lowest BCUT2D eigenvalue weighted by Crippen LogP contribution is -1.95. The highest BCUT2D eigenvalue weighted by atomic mass is 32.1. The molecule has 0 saturated heterocycles. The van der Waals surface area contributed by atoms with Gasteiger partial charge >= 0.3 is 0 Å². The molecule has 104 valence electrons. The Morgan fingerprint density at radius 3 is 2.81 bits per heavy atom. The van der Waals surface area contributed by atoms with Gasteiger partial charge < -0.3 is 0 Å². The van der Waals surface area contributed by atoms with Crippen molar-refractivity contribution in [3.63, 3.8) is 0 Å². The van der Waals surface area contributed by atoms with Crippen LogP contribution in [0.15, 0.2) is 53.9 Å². The van der Waals surface area contributed by atoms with Gasteiger partial charge in [-0.25, -0.2) is 9.49 Å². The van der Waals surface area contributed by atoms with Crippen LogP contribution in [-0.4, -0.2) is 26.1 Å². The zero-order valence-corrected chi connectivity index (χ0v) is 11.6. The highest BCUT2D eigenvalue weighted by Crippen LogP contribution is 2.18. The summed E-state index contributed by atoms with van der Waals surface area (Å²) in [6, 6.07) is 9.73. The Bertz CT molecular complexity index is 838. The zero-order valence-electron chi connectivity index (χ0n) is 10.8. The van der Waals surface area contributed by atoms with Gasteiger partial charge in [0.1, 0.15) is 5.82 Å². The highest BCUT2D eigenvalue weighted by Gasteiger charge is 2.08. The second-order valence-corrected chi connectivity index (χ2v) is 4.59. The molecule has 0 aliphatic rings. The second-order valence-electron chi connectivity index (χ2n) is 4.20. The topological polar surface area (TPSA) is 58.9 Å². The molecule has 5 nitrogen and oxygen atoms in total. The third-order valence-electron chi connectivity index (χ3n) is 2.76. The molecule has 0 amide bonds. The van der Waals surface area contributed by atoms with E-state index in [2.05, 4.69) is 20.3 Å². The number of aromatic nitrogens is 4. The van der Waals surface area contributed by atoms with Crippen LogP contribution in [-0.2, 0) is 0 Å². The maximum absolute atomic E-state index is 13.3. The summed E-state index contributed by atoms with van der Waals surface area (Å²) in [4.78, 5) is 3.93. The summed E-state index contributed by atoms with van der Waals surface area (Å²) in [5, 5.41) is 11.0. The van der Waals surface area contributed by atoms with Gasteiger partial charge in [-0.15, -0.1) is 0 Å². The van der Waals surface area contributed by atoms with E-state index in [0.29, 0.717) is 16.2 Å². The molecule has 0 bridgehead atoms. The summed E-state index contributed by atoms with van der Waals surface area (Å²) in [5.41, 5.74) is 1.47. The number of rotatable bonds is 3. The Morgan fingerprint density at radius 2 is 2.05 bits per heavy atom. The van der Waals surface area contributed by atoms with E-state index in [1.807, 2.05) is 12.1 Å². The van der Waals surface area contributed by atoms with Crippen molar-refractivity contribution in [3.8, 4) is 11.4 Å². The predicted octanol–water partition coefficient (Wildman–Crippen LogP) is 3.02.